The molecule has 344 valence electrons. The van der Waals surface area contributed by atoms with Crippen LogP contribution in [0, 0.1) is 0 Å². The topological polar surface area (TPSA) is 194 Å². The number of esters is 4. The van der Waals surface area contributed by atoms with Crippen molar-refractivity contribution in [2.75, 3.05) is 20.3 Å². The van der Waals surface area contributed by atoms with Crippen LogP contribution in [0.15, 0.2) is 121 Å². The highest BCUT2D eigenvalue weighted by Gasteiger charge is 2.34. The van der Waals surface area contributed by atoms with Gasteiger partial charge in [0.2, 0.25) is 5.91 Å². The first-order valence-corrected chi connectivity index (χ1v) is 23.1. The number of unbranched alkanes of at least 4 members (excludes halogenated alkanes) is 1. The Bertz CT molecular complexity index is 2040. The maximum atomic E-state index is 14.3. The molecule has 2 unspecified atom stereocenters. The van der Waals surface area contributed by atoms with Crippen LogP contribution in [-0.4, -0.2) is 68.2 Å². The van der Waals surface area contributed by atoms with Crippen LogP contribution in [0.1, 0.15) is 80.5 Å². The second kappa shape index (κ2) is 28.9. The summed E-state index contributed by atoms with van der Waals surface area (Å²) in [7, 11) is -2.67. The largest absolute Gasteiger partial charge is 0.461 e. The van der Waals surface area contributed by atoms with Gasteiger partial charge in [-0.25, -0.2) is 14.4 Å². The fourth-order valence-electron chi connectivity index (χ4n) is 6.07. The SMILES string of the molecule is CCCCO[P@@](=O)(NC(CCC(=O)OCc1ccccc1)C(=O)OCc1ccccc1)OCCC[C@@H](NC(=O)CCC(NC)C(=O)OCc1ccccc1)C(=O)OCc1ccccc1. The molecule has 0 saturated carbocycles. The van der Waals surface area contributed by atoms with Crippen LogP contribution < -0.4 is 15.7 Å². The zero-order valence-electron chi connectivity index (χ0n) is 36.5. The lowest BCUT2D eigenvalue weighted by Crippen LogP contribution is -2.43. The number of likely N-dealkylation sites (N-methyl/N-ethyl adjacent to an activating group) is 1. The predicted octanol–water partition coefficient (Wildman–Crippen LogP) is 7.27. The van der Waals surface area contributed by atoms with Gasteiger partial charge < -0.3 is 29.6 Å². The minimum atomic E-state index is -4.26. The minimum absolute atomic E-state index is 0.0126. The Morgan fingerprint density at radius 2 is 0.922 bits per heavy atom. The van der Waals surface area contributed by atoms with Gasteiger partial charge in [0.05, 0.1) is 13.2 Å². The van der Waals surface area contributed by atoms with Gasteiger partial charge in [-0.2, -0.15) is 0 Å². The van der Waals surface area contributed by atoms with E-state index >= 15 is 0 Å². The second-order valence-corrected chi connectivity index (χ2v) is 16.6. The van der Waals surface area contributed by atoms with E-state index in [2.05, 4.69) is 15.7 Å². The summed E-state index contributed by atoms with van der Waals surface area (Å²) < 4.78 is 47.9. The van der Waals surface area contributed by atoms with Crippen LogP contribution in [0.4, 0.5) is 0 Å². The molecule has 0 bridgehead atoms. The van der Waals surface area contributed by atoms with E-state index in [4.69, 9.17) is 28.0 Å². The quantitative estimate of drug-likeness (QED) is 0.0205. The molecule has 15 nitrogen and oxygen atoms in total. The van der Waals surface area contributed by atoms with E-state index in [-0.39, 0.29) is 78.2 Å². The van der Waals surface area contributed by atoms with Crippen molar-refractivity contribution in [1.29, 1.82) is 0 Å². The Kier molecular flexibility index (Phi) is 23.0. The first kappa shape index (κ1) is 50.9. The fraction of sp³-hybridized carbons (Fsp3) is 0.396. The van der Waals surface area contributed by atoms with Gasteiger partial charge in [0, 0.05) is 12.8 Å². The zero-order chi connectivity index (χ0) is 45.8. The molecule has 4 aromatic rings. The van der Waals surface area contributed by atoms with Gasteiger partial charge in [-0.15, -0.1) is 0 Å². The number of hydrogen-bond acceptors (Lipinski definition) is 13. The minimum Gasteiger partial charge on any atom is -0.461 e. The third-order valence-electron chi connectivity index (χ3n) is 9.72. The molecule has 4 aromatic carbocycles. The molecule has 0 aliphatic carbocycles. The highest BCUT2D eigenvalue weighted by molar-refractivity contribution is 7.51. The summed E-state index contributed by atoms with van der Waals surface area (Å²) in [6.07, 6.45) is 0.970. The molecule has 0 heterocycles. The number of carbonyl (C=O) groups is 5. The van der Waals surface area contributed by atoms with Crippen molar-refractivity contribution in [3.05, 3.63) is 144 Å². The van der Waals surface area contributed by atoms with Gasteiger partial charge in [0.15, 0.2) is 0 Å². The van der Waals surface area contributed by atoms with E-state index in [1.807, 2.05) is 91.9 Å². The molecule has 3 N–H and O–H groups in total. The van der Waals surface area contributed by atoms with Crippen LogP contribution in [-0.2, 0) is 83.0 Å². The van der Waals surface area contributed by atoms with Crippen molar-refractivity contribution in [3.8, 4) is 0 Å². The zero-order valence-corrected chi connectivity index (χ0v) is 37.4. The molecule has 0 aliphatic heterocycles. The average Bonchev–Trinajstić information content (AvgIpc) is 3.32. The summed E-state index contributed by atoms with van der Waals surface area (Å²) in [5.41, 5.74) is 3.08. The summed E-state index contributed by atoms with van der Waals surface area (Å²) in [6, 6.07) is 33.2. The lowest BCUT2D eigenvalue weighted by Gasteiger charge is -2.25. The first-order chi connectivity index (χ1) is 31.1. The van der Waals surface area contributed by atoms with E-state index in [0.717, 1.165) is 22.3 Å². The van der Waals surface area contributed by atoms with Crippen LogP contribution in [0.2, 0.25) is 0 Å². The summed E-state index contributed by atoms with van der Waals surface area (Å²) in [4.78, 5) is 65.8. The van der Waals surface area contributed by atoms with Gasteiger partial charge in [-0.3, -0.25) is 28.2 Å². The van der Waals surface area contributed by atoms with Gasteiger partial charge in [0.25, 0.3) is 0 Å². The van der Waals surface area contributed by atoms with Crippen molar-refractivity contribution in [1.82, 2.24) is 15.7 Å². The molecule has 4 rings (SSSR count). The number of ether oxygens (including phenoxy) is 4. The number of amides is 1. The first-order valence-electron chi connectivity index (χ1n) is 21.5. The maximum absolute atomic E-state index is 14.3. The molecule has 4 atom stereocenters. The van der Waals surface area contributed by atoms with Crippen LogP contribution in [0.5, 0.6) is 0 Å². The van der Waals surface area contributed by atoms with E-state index in [0.29, 0.717) is 12.8 Å². The van der Waals surface area contributed by atoms with Gasteiger partial charge >= 0.3 is 31.6 Å². The lowest BCUT2D eigenvalue weighted by atomic mass is 10.1. The Morgan fingerprint density at radius 3 is 1.38 bits per heavy atom. The summed E-state index contributed by atoms with van der Waals surface area (Å²) in [5.74, 6) is -3.09. The summed E-state index contributed by atoms with van der Waals surface area (Å²) >= 11 is 0. The molecule has 0 aliphatic rings. The maximum Gasteiger partial charge on any atom is 0.406 e. The van der Waals surface area contributed by atoms with E-state index in [1.165, 1.54) is 0 Å². The van der Waals surface area contributed by atoms with E-state index < -0.39 is 55.7 Å². The highest BCUT2D eigenvalue weighted by atomic mass is 31.2. The Labute approximate surface area is 375 Å². The average molecular weight is 902 g/mol. The molecule has 0 saturated heterocycles. The second-order valence-electron chi connectivity index (χ2n) is 14.8. The van der Waals surface area contributed by atoms with Crippen LogP contribution >= 0.6 is 7.75 Å². The van der Waals surface area contributed by atoms with E-state index in [9.17, 15) is 28.5 Å². The molecule has 0 aromatic heterocycles. The molecule has 16 heteroatoms. The third kappa shape index (κ3) is 19.8. The smallest absolute Gasteiger partial charge is 0.406 e. The monoisotopic (exact) mass is 901 g/mol. The number of hydrogen-bond donors (Lipinski definition) is 3. The standard InChI is InChI=1S/C48H60N3O12P/c1-3-4-31-62-64(57,51-43(48(56)61-36-40-24-15-8-16-25-40)28-30-45(53)58-33-37-18-9-5-10-19-37)63-32-17-26-42(47(55)60-35-39-22-13-7-14-23-39)50-44(52)29-27-41(49-2)46(54)59-34-38-20-11-6-12-21-38/h5-16,18-25,41-43,49H,3-4,17,26-36H2,1-2H3,(H,50,52)(H,51,57)/t41?,42-,43?,64+/m1/s1. The van der Waals surface area contributed by atoms with Gasteiger partial charge in [-0.1, -0.05) is 135 Å². The number of rotatable bonds is 30. The normalized spacial score (nSPS) is 13.3. The summed E-state index contributed by atoms with van der Waals surface area (Å²) in [6.45, 7) is 1.74. The number of carbonyl (C=O) groups excluding carboxylic acids is 5. The number of nitrogens with one attached hydrogen (secondary N) is 3. The highest BCUT2D eigenvalue weighted by Crippen LogP contribution is 2.45. The van der Waals surface area contributed by atoms with Crippen LogP contribution in [0.25, 0.3) is 0 Å². The Morgan fingerprint density at radius 1 is 0.516 bits per heavy atom. The van der Waals surface area contributed by atoms with Crippen molar-refractivity contribution in [2.45, 2.75) is 103 Å². The molecular weight excluding hydrogens is 842 g/mol. The fourth-order valence-corrected chi connectivity index (χ4v) is 7.65. The summed E-state index contributed by atoms with van der Waals surface area (Å²) in [5, 5.41) is 8.32. The number of benzene rings is 4. The van der Waals surface area contributed by atoms with E-state index in [1.54, 1.807) is 43.4 Å². The van der Waals surface area contributed by atoms with Gasteiger partial charge in [0.1, 0.15) is 44.6 Å². The molecule has 0 radical (unpaired) electrons. The molecular formula is C48H60N3O12P. The van der Waals surface area contributed by atoms with Crippen molar-refractivity contribution >= 4 is 37.5 Å². The van der Waals surface area contributed by atoms with Crippen molar-refractivity contribution in [3.63, 3.8) is 0 Å². The van der Waals surface area contributed by atoms with Crippen LogP contribution in [0.3, 0.4) is 0 Å². The molecule has 0 spiro atoms. The predicted molar refractivity (Wildman–Crippen MR) is 239 cm³/mol. The molecule has 64 heavy (non-hydrogen) atoms. The molecule has 1 amide bonds. The Hall–Kier alpha value is -5.70. The third-order valence-corrected chi connectivity index (χ3v) is 11.4. The lowest BCUT2D eigenvalue weighted by molar-refractivity contribution is -0.150. The van der Waals surface area contributed by atoms with Crippen molar-refractivity contribution in [2.24, 2.45) is 0 Å². The molecule has 0 fully saturated rings. The van der Waals surface area contributed by atoms with Crippen molar-refractivity contribution < 1.29 is 56.5 Å². The Balaban J connectivity index is 1.40. The van der Waals surface area contributed by atoms with Gasteiger partial charge in [-0.05, 0) is 61.4 Å².